The van der Waals surface area contributed by atoms with Crippen molar-refractivity contribution >= 4 is 28.1 Å². The molecule has 11 nitrogen and oxygen atoms in total. The smallest absolute Gasteiger partial charge is 0.311 e. The molecule has 0 unspecified atom stereocenters. The zero-order valence-corrected chi connectivity index (χ0v) is 23.9. The van der Waals surface area contributed by atoms with Crippen LogP contribution in [0, 0.1) is 17.0 Å². The van der Waals surface area contributed by atoms with Gasteiger partial charge < -0.3 is 4.74 Å². The number of nitro benzene ring substituents is 1. The van der Waals surface area contributed by atoms with E-state index in [-0.39, 0.29) is 39.7 Å². The van der Waals surface area contributed by atoms with Crippen molar-refractivity contribution in [2.24, 2.45) is 0 Å². The molecule has 43 heavy (non-hydrogen) atoms. The first-order chi connectivity index (χ1) is 20.8. The summed E-state index contributed by atoms with van der Waals surface area (Å²) in [5.41, 5.74) is 3.21. The van der Waals surface area contributed by atoms with Crippen LogP contribution in [0.1, 0.15) is 29.3 Å². The number of hydrogen-bond acceptors (Lipinski definition) is 9. The van der Waals surface area contributed by atoms with Crippen molar-refractivity contribution in [3.05, 3.63) is 137 Å². The summed E-state index contributed by atoms with van der Waals surface area (Å²) >= 11 is 1.03. The number of fused-ring (bicyclic) bond motifs is 1. The van der Waals surface area contributed by atoms with Crippen LogP contribution in [0.15, 0.2) is 88.6 Å². The summed E-state index contributed by atoms with van der Waals surface area (Å²) in [6.45, 7) is 4.00. The van der Waals surface area contributed by atoms with E-state index in [0.717, 1.165) is 32.7 Å². The van der Waals surface area contributed by atoms with Crippen molar-refractivity contribution in [2.75, 3.05) is 6.61 Å². The van der Waals surface area contributed by atoms with Crippen LogP contribution >= 0.6 is 11.3 Å². The van der Waals surface area contributed by atoms with Gasteiger partial charge in [0, 0.05) is 29.8 Å². The van der Waals surface area contributed by atoms with Gasteiger partial charge in [0.05, 0.1) is 21.7 Å². The maximum atomic E-state index is 13.5. The van der Waals surface area contributed by atoms with Crippen molar-refractivity contribution in [3.8, 4) is 22.7 Å². The quantitative estimate of drug-likeness (QED) is 0.190. The third kappa shape index (κ3) is 5.55. The Morgan fingerprint density at radius 3 is 2.51 bits per heavy atom. The minimum atomic E-state index is -0.503. The number of nitro groups is 1. The molecule has 0 fully saturated rings. The van der Waals surface area contributed by atoms with Crippen LogP contribution in [0.25, 0.3) is 28.0 Å². The van der Waals surface area contributed by atoms with Crippen LogP contribution in [-0.2, 0) is 6.42 Å². The zero-order chi connectivity index (χ0) is 30.1. The summed E-state index contributed by atoms with van der Waals surface area (Å²) in [5.74, 6) is 0.152. The number of rotatable bonds is 8. The summed E-state index contributed by atoms with van der Waals surface area (Å²) < 4.78 is 8.51. The van der Waals surface area contributed by atoms with Crippen LogP contribution in [0.2, 0.25) is 0 Å². The molecule has 3 heterocycles. The molecule has 6 rings (SSSR count). The minimum absolute atomic E-state index is 0.152. The number of benzene rings is 3. The first kappa shape index (κ1) is 27.7. The molecule has 0 N–H and O–H groups in total. The minimum Gasteiger partial charge on any atom is -0.487 e. The fourth-order valence-electron chi connectivity index (χ4n) is 4.61. The molecule has 0 bridgehead atoms. The van der Waals surface area contributed by atoms with E-state index >= 15 is 0 Å². The number of ether oxygens (including phenoxy) is 1. The summed E-state index contributed by atoms with van der Waals surface area (Å²) in [6, 6.07) is 21.7. The first-order valence-corrected chi connectivity index (χ1v) is 14.2. The summed E-state index contributed by atoms with van der Waals surface area (Å²) in [6.07, 6.45) is 3.62. The molecule has 214 valence electrons. The Labute approximate surface area is 248 Å². The molecule has 0 aliphatic rings. The van der Waals surface area contributed by atoms with Gasteiger partial charge in [0.25, 0.3) is 11.1 Å². The van der Waals surface area contributed by atoms with E-state index in [9.17, 15) is 19.7 Å². The SMILES string of the molecule is CCOc1ccc(-c2nn(-c3ccccc3)cc2C=c2sc3nc(=O)c(Cc4ccc(C)cc4)nn3c2=O)cc1[N+](=O)[O-]. The molecule has 0 aliphatic carbocycles. The molecule has 6 aromatic rings. The molecule has 0 spiro atoms. The molecule has 12 heteroatoms. The van der Waals surface area contributed by atoms with E-state index in [0.29, 0.717) is 16.8 Å². The Morgan fingerprint density at radius 1 is 1.02 bits per heavy atom. The van der Waals surface area contributed by atoms with Gasteiger partial charge in [0.15, 0.2) is 5.75 Å². The lowest BCUT2D eigenvalue weighted by Crippen LogP contribution is -2.28. The average Bonchev–Trinajstić information content (AvgIpc) is 3.56. The highest BCUT2D eigenvalue weighted by atomic mass is 32.1. The summed E-state index contributed by atoms with van der Waals surface area (Å²) in [5, 5.41) is 20.9. The first-order valence-electron chi connectivity index (χ1n) is 13.4. The fourth-order valence-corrected chi connectivity index (χ4v) is 5.50. The van der Waals surface area contributed by atoms with Gasteiger partial charge in [0.1, 0.15) is 11.4 Å². The molecule has 0 saturated carbocycles. The highest BCUT2D eigenvalue weighted by molar-refractivity contribution is 7.15. The van der Waals surface area contributed by atoms with Crippen molar-refractivity contribution in [1.29, 1.82) is 0 Å². The lowest BCUT2D eigenvalue weighted by atomic mass is 10.1. The Hall–Kier alpha value is -5.49. The van der Waals surface area contributed by atoms with Crippen LogP contribution in [0.4, 0.5) is 5.69 Å². The number of hydrogen-bond donors (Lipinski definition) is 0. The van der Waals surface area contributed by atoms with E-state index in [2.05, 4.69) is 10.1 Å². The molecule has 0 atom stereocenters. The predicted molar refractivity (Wildman–Crippen MR) is 163 cm³/mol. The fraction of sp³-hybridized carbons (Fsp3) is 0.129. The Balaban J connectivity index is 1.49. The monoisotopic (exact) mass is 592 g/mol. The largest absolute Gasteiger partial charge is 0.487 e. The van der Waals surface area contributed by atoms with Gasteiger partial charge in [-0.25, -0.2) is 4.68 Å². The van der Waals surface area contributed by atoms with Gasteiger partial charge in [0.2, 0.25) is 4.96 Å². The average molecular weight is 593 g/mol. The molecule has 0 aliphatic heterocycles. The van der Waals surface area contributed by atoms with Crippen molar-refractivity contribution < 1.29 is 9.66 Å². The van der Waals surface area contributed by atoms with Crippen molar-refractivity contribution in [2.45, 2.75) is 20.3 Å². The molecule has 3 aromatic heterocycles. The highest BCUT2D eigenvalue weighted by Gasteiger charge is 2.20. The van der Waals surface area contributed by atoms with Crippen LogP contribution < -0.4 is 20.4 Å². The van der Waals surface area contributed by atoms with Gasteiger partial charge in [-0.2, -0.15) is 19.7 Å². The van der Waals surface area contributed by atoms with Crippen LogP contribution in [0.3, 0.4) is 0 Å². The van der Waals surface area contributed by atoms with Crippen molar-refractivity contribution in [3.63, 3.8) is 0 Å². The molecule has 0 amide bonds. The normalized spacial score (nSPS) is 11.7. The standard InChI is InChI=1S/C31H24N6O5S/c1-3-42-26-14-13-21(16-25(26)37(40)41)28-22(18-35(34-28)23-7-5-4-6-8-23)17-27-30(39)36-31(43-27)32-29(38)24(33-36)15-20-11-9-19(2)10-12-20/h4-14,16-18H,3,15H2,1-2H3. The lowest BCUT2D eigenvalue weighted by Gasteiger charge is -2.06. The molecule has 3 aromatic carbocycles. The number of aryl methyl sites for hydroxylation is 1. The van der Waals surface area contributed by atoms with Gasteiger partial charge >= 0.3 is 5.69 Å². The highest BCUT2D eigenvalue weighted by Crippen LogP contribution is 2.33. The van der Waals surface area contributed by atoms with Gasteiger partial charge in [-0.15, -0.1) is 0 Å². The van der Waals surface area contributed by atoms with Gasteiger partial charge in [-0.3, -0.25) is 19.7 Å². The number of thiazole rings is 1. The number of aromatic nitrogens is 5. The molecule has 0 radical (unpaired) electrons. The zero-order valence-electron chi connectivity index (χ0n) is 23.1. The molecular formula is C31H24N6O5S. The Bertz CT molecular complexity index is 2150. The van der Waals surface area contributed by atoms with Crippen LogP contribution in [-0.4, -0.2) is 35.9 Å². The maximum absolute atomic E-state index is 13.5. The third-order valence-corrected chi connectivity index (χ3v) is 7.68. The van der Waals surface area contributed by atoms with E-state index in [1.165, 1.54) is 12.1 Å². The molecular weight excluding hydrogens is 568 g/mol. The van der Waals surface area contributed by atoms with Crippen LogP contribution in [0.5, 0.6) is 5.75 Å². The van der Waals surface area contributed by atoms with Crippen molar-refractivity contribution in [1.82, 2.24) is 24.4 Å². The molecule has 0 saturated heterocycles. The maximum Gasteiger partial charge on any atom is 0.311 e. The van der Waals surface area contributed by atoms with Gasteiger partial charge in [-0.1, -0.05) is 59.4 Å². The summed E-state index contributed by atoms with van der Waals surface area (Å²) in [7, 11) is 0. The Morgan fingerprint density at radius 2 is 1.79 bits per heavy atom. The second-order valence-corrected chi connectivity index (χ2v) is 10.7. The van der Waals surface area contributed by atoms with Gasteiger partial charge in [-0.05, 0) is 49.8 Å². The summed E-state index contributed by atoms with van der Waals surface area (Å²) in [4.78, 5) is 41.9. The topological polar surface area (TPSA) is 135 Å². The second kappa shape index (κ2) is 11.4. The van der Waals surface area contributed by atoms with E-state index in [1.54, 1.807) is 29.9 Å². The second-order valence-electron chi connectivity index (χ2n) is 9.72. The number of nitrogens with zero attached hydrogens (tertiary/aromatic N) is 6. The van der Waals surface area contributed by atoms with E-state index in [4.69, 9.17) is 9.84 Å². The predicted octanol–water partition coefficient (Wildman–Crippen LogP) is 4.12. The van der Waals surface area contributed by atoms with E-state index in [1.807, 2.05) is 61.5 Å². The van der Waals surface area contributed by atoms with E-state index < -0.39 is 16.0 Å². The Kier molecular flexibility index (Phi) is 7.34. The third-order valence-electron chi connectivity index (χ3n) is 6.72. The number of para-hydroxylation sites is 1. The lowest BCUT2D eigenvalue weighted by molar-refractivity contribution is -0.385.